The van der Waals surface area contributed by atoms with Crippen molar-refractivity contribution in [2.75, 3.05) is 12.4 Å². The molecule has 1 atom stereocenters. The van der Waals surface area contributed by atoms with Crippen molar-refractivity contribution >= 4 is 23.6 Å². The number of carboxylic acid groups (broad SMARTS) is 1. The number of aliphatic hydroxyl groups excluding tert-OH is 1. The summed E-state index contributed by atoms with van der Waals surface area (Å²) in [4.78, 5) is 23.3. The fourth-order valence-corrected chi connectivity index (χ4v) is 2.46. The first kappa shape index (κ1) is 16.5. The number of carbonyl (C=O) groups is 2. The highest BCUT2D eigenvalue weighted by Crippen LogP contribution is 2.21. The van der Waals surface area contributed by atoms with Gasteiger partial charge in [0.05, 0.1) is 6.61 Å². The zero-order chi connectivity index (χ0) is 15.1. The third kappa shape index (κ3) is 5.22. The highest BCUT2D eigenvalue weighted by Gasteiger charge is 2.18. The van der Waals surface area contributed by atoms with Gasteiger partial charge in [-0.05, 0) is 37.1 Å². The van der Waals surface area contributed by atoms with Crippen molar-refractivity contribution in [3.8, 4) is 0 Å². The van der Waals surface area contributed by atoms with Crippen LogP contribution in [0.5, 0.6) is 0 Å². The average molecular weight is 297 g/mol. The van der Waals surface area contributed by atoms with Crippen LogP contribution in [0.15, 0.2) is 23.1 Å². The Labute approximate surface area is 122 Å². The lowest BCUT2D eigenvalue weighted by Crippen LogP contribution is -2.43. The minimum atomic E-state index is -1.23. The van der Waals surface area contributed by atoms with E-state index >= 15 is 0 Å². The number of thioether (sulfide) groups is 1. The van der Waals surface area contributed by atoms with Crippen molar-refractivity contribution in [3.63, 3.8) is 0 Å². The van der Waals surface area contributed by atoms with Crippen molar-refractivity contribution in [2.24, 2.45) is 0 Å². The topological polar surface area (TPSA) is 86.6 Å². The molecule has 0 spiro atoms. The number of aliphatic hydroxyl groups is 1. The molecule has 0 fully saturated rings. The Morgan fingerprint density at radius 1 is 1.30 bits per heavy atom. The highest BCUT2D eigenvalue weighted by molar-refractivity contribution is 7.99. The van der Waals surface area contributed by atoms with E-state index in [-0.39, 0.29) is 12.3 Å². The van der Waals surface area contributed by atoms with Gasteiger partial charge in [0.1, 0.15) is 6.04 Å². The summed E-state index contributed by atoms with van der Waals surface area (Å²) >= 11 is 1.54. The Bertz CT molecular complexity index is 490. The number of carboxylic acids is 1. The predicted octanol–water partition coefficient (Wildman–Crippen LogP) is 1.35. The van der Waals surface area contributed by atoms with Crippen LogP contribution >= 0.6 is 11.8 Å². The van der Waals surface area contributed by atoms with Gasteiger partial charge in [0, 0.05) is 17.1 Å². The van der Waals surface area contributed by atoms with Crippen LogP contribution in [0.4, 0.5) is 0 Å². The lowest BCUT2D eigenvalue weighted by atomic mass is 10.1. The van der Waals surface area contributed by atoms with E-state index in [0.717, 1.165) is 4.90 Å². The van der Waals surface area contributed by atoms with E-state index in [9.17, 15) is 9.59 Å². The molecule has 3 N–H and O–H groups in total. The number of benzene rings is 1. The van der Waals surface area contributed by atoms with E-state index in [4.69, 9.17) is 10.2 Å². The van der Waals surface area contributed by atoms with E-state index in [1.807, 2.05) is 26.0 Å². The first-order chi connectivity index (χ1) is 9.43. The molecular weight excluding hydrogens is 278 g/mol. The minimum absolute atomic E-state index is 0.210. The number of nitrogens with one attached hydrogen (secondary N) is 1. The third-order valence-corrected chi connectivity index (χ3v) is 3.89. The molecule has 0 heterocycles. The molecule has 0 aromatic heterocycles. The summed E-state index contributed by atoms with van der Waals surface area (Å²) < 4.78 is 0. The number of carbonyl (C=O) groups excluding carboxylic acids is 1. The molecule has 1 aromatic carbocycles. The number of amides is 1. The lowest BCUT2D eigenvalue weighted by Gasteiger charge is -2.11. The Kier molecular flexibility index (Phi) is 6.54. The Morgan fingerprint density at radius 3 is 2.55 bits per heavy atom. The summed E-state index contributed by atoms with van der Waals surface area (Å²) in [5.74, 6) is -1.04. The van der Waals surface area contributed by atoms with Gasteiger partial charge in [-0.2, -0.15) is 0 Å². The molecule has 0 aliphatic heterocycles. The Hall–Kier alpha value is -1.53. The van der Waals surface area contributed by atoms with E-state index < -0.39 is 18.6 Å². The molecule has 1 amide bonds. The summed E-state index contributed by atoms with van der Waals surface area (Å²) in [6, 6.07) is 4.86. The second kappa shape index (κ2) is 7.91. The second-order valence-electron chi connectivity index (χ2n) is 4.49. The first-order valence-corrected chi connectivity index (χ1v) is 7.25. The summed E-state index contributed by atoms with van der Waals surface area (Å²) in [5, 5.41) is 19.8. The molecule has 20 heavy (non-hydrogen) atoms. The fourth-order valence-electron chi connectivity index (χ4n) is 1.52. The minimum Gasteiger partial charge on any atom is -0.480 e. The molecule has 0 unspecified atom stereocenters. The molecule has 5 nitrogen and oxygen atoms in total. The number of rotatable bonds is 7. The van der Waals surface area contributed by atoms with Crippen molar-refractivity contribution in [1.29, 1.82) is 0 Å². The van der Waals surface area contributed by atoms with Crippen LogP contribution in [0.3, 0.4) is 0 Å². The quantitative estimate of drug-likeness (QED) is 0.661. The number of aliphatic carboxylic acids is 1. The number of hydrogen-bond acceptors (Lipinski definition) is 4. The fraction of sp³-hybridized carbons (Fsp3) is 0.429. The average Bonchev–Trinajstić information content (AvgIpc) is 2.39. The smallest absolute Gasteiger partial charge is 0.328 e. The van der Waals surface area contributed by atoms with Crippen molar-refractivity contribution in [3.05, 3.63) is 29.3 Å². The number of aryl methyl sites for hydroxylation is 2. The largest absolute Gasteiger partial charge is 0.480 e. The van der Waals surface area contributed by atoms with E-state index in [1.54, 1.807) is 11.8 Å². The van der Waals surface area contributed by atoms with Gasteiger partial charge in [-0.1, -0.05) is 6.07 Å². The van der Waals surface area contributed by atoms with Gasteiger partial charge in [-0.15, -0.1) is 11.8 Å². The molecule has 0 saturated carbocycles. The summed E-state index contributed by atoms with van der Waals surface area (Å²) in [6.07, 6.45) is 0.210. The van der Waals surface area contributed by atoms with Gasteiger partial charge >= 0.3 is 5.97 Å². The van der Waals surface area contributed by atoms with E-state index in [0.29, 0.717) is 5.75 Å². The summed E-state index contributed by atoms with van der Waals surface area (Å²) in [7, 11) is 0. The zero-order valence-corrected chi connectivity index (χ0v) is 12.4. The maximum absolute atomic E-state index is 11.5. The van der Waals surface area contributed by atoms with Crippen molar-refractivity contribution in [1.82, 2.24) is 5.32 Å². The van der Waals surface area contributed by atoms with Crippen molar-refractivity contribution < 1.29 is 19.8 Å². The first-order valence-electron chi connectivity index (χ1n) is 6.27. The van der Waals surface area contributed by atoms with Crippen LogP contribution in [0.2, 0.25) is 0 Å². The van der Waals surface area contributed by atoms with Crippen LogP contribution in [-0.2, 0) is 9.59 Å². The lowest BCUT2D eigenvalue weighted by molar-refractivity contribution is -0.142. The highest BCUT2D eigenvalue weighted by atomic mass is 32.2. The molecule has 1 aromatic rings. The normalized spacial score (nSPS) is 11.9. The van der Waals surface area contributed by atoms with Gasteiger partial charge in [-0.3, -0.25) is 4.79 Å². The summed E-state index contributed by atoms with van der Waals surface area (Å²) in [6.45, 7) is 3.47. The van der Waals surface area contributed by atoms with Crippen LogP contribution in [0.25, 0.3) is 0 Å². The molecule has 0 saturated heterocycles. The van der Waals surface area contributed by atoms with Crippen LogP contribution in [0.1, 0.15) is 17.5 Å². The van der Waals surface area contributed by atoms with Gasteiger partial charge < -0.3 is 15.5 Å². The van der Waals surface area contributed by atoms with E-state index in [1.165, 1.54) is 11.1 Å². The predicted molar refractivity (Wildman–Crippen MR) is 77.9 cm³/mol. The molecule has 0 aliphatic carbocycles. The van der Waals surface area contributed by atoms with Gasteiger partial charge in [0.2, 0.25) is 5.91 Å². The molecule has 110 valence electrons. The molecule has 0 radical (unpaired) electrons. The SMILES string of the molecule is Cc1ccc(SCCC(=O)N[C@H](CO)C(=O)O)cc1C. The molecule has 1 rings (SSSR count). The van der Waals surface area contributed by atoms with Crippen molar-refractivity contribution in [2.45, 2.75) is 31.2 Å². The summed E-state index contributed by atoms with van der Waals surface area (Å²) in [5.41, 5.74) is 2.42. The van der Waals surface area contributed by atoms with Gasteiger partial charge in [0.15, 0.2) is 0 Å². The second-order valence-corrected chi connectivity index (χ2v) is 5.65. The Morgan fingerprint density at radius 2 is 2.00 bits per heavy atom. The maximum Gasteiger partial charge on any atom is 0.328 e. The Balaban J connectivity index is 2.38. The van der Waals surface area contributed by atoms with Gasteiger partial charge in [-0.25, -0.2) is 4.79 Å². The zero-order valence-electron chi connectivity index (χ0n) is 11.5. The van der Waals surface area contributed by atoms with Crippen LogP contribution in [-0.4, -0.2) is 40.5 Å². The van der Waals surface area contributed by atoms with Crippen LogP contribution in [0, 0.1) is 13.8 Å². The molecule has 0 aliphatic rings. The standard InChI is InChI=1S/C14H19NO4S/c1-9-3-4-11(7-10(9)2)20-6-5-13(17)15-12(8-16)14(18)19/h3-4,7,12,16H,5-6,8H2,1-2H3,(H,15,17)(H,18,19)/t12-/m1/s1. The van der Waals surface area contributed by atoms with Crippen LogP contribution < -0.4 is 5.32 Å². The monoisotopic (exact) mass is 297 g/mol. The molecule has 6 heteroatoms. The third-order valence-electron chi connectivity index (χ3n) is 2.89. The van der Waals surface area contributed by atoms with Gasteiger partial charge in [0.25, 0.3) is 0 Å². The van der Waals surface area contributed by atoms with E-state index in [2.05, 4.69) is 11.4 Å². The molecule has 0 bridgehead atoms. The number of hydrogen-bond donors (Lipinski definition) is 3. The maximum atomic E-state index is 11.5. The molecular formula is C14H19NO4S.